The van der Waals surface area contributed by atoms with Crippen molar-refractivity contribution < 1.29 is 13.9 Å². The van der Waals surface area contributed by atoms with Gasteiger partial charge in [0.05, 0.1) is 6.33 Å². The van der Waals surface area contributed by atoms with Crippen molar-refractivity contribution >= 4 is 6.09 Å². The van der Waals surface area contributed by atoms with Crippen molar-refractivity contribution in [3.63, 3.8) is 0 Å². The molecule has 0 aliphatic heterocycles. The van der Waals surface area contributed by atoms with Crippen molar-refractivity contribution in [2.45, 2.75) is 32.8 Å². The van der Waals surface area contributed by atoms with Crippen LogP contribution in [-0.4, -0.2) is 27.8 Å². The van der Waals surface area contributed by atoms with Gasteiger partial charge in [0.25, 0.3) is 0 Å². The Hall–Kier alpha value is -2.37. The van der Waals surface area contributed by atoms with Gasteiger partial charge < -0.3 is 14.6 Å². The van der Waals surface area contributed by atoms with Gasteiger partial charge in [-0.3, -0.25) is 0 Å². The second-order valence-electron chi connectivity index (χ2n) is 5.91. The summed E-state index contributed by atoms with van der Waals surface area (Å²) in [5.74, 6) is -0.281. The van der Waals surface area contributed by atoms with E-state index in [4.69, 9.17) is 4.74 Å². The third kappa shape index (κ3) is 4.58. The molecule has 1 aromatic heterocycles. The van der Waals surface area contributed by atoms with Gasteiger partial charge >= 0.3 is 6.09 Å². The number of alkyl carbamates (subject to hydrolysis) is 1. The number of hydrogen-bond acceptors (Lipinski definition) is 3. The molecule has 2 rings (SSSR count). The summed E-state index contributed by atoms with van der Waals surface area (Å²) in [5.41, 5.74) is 1.23. The lowest BCUT2D eigenvalue weighted by molar-refractivity contribution is 0.0528. The summed E-state index contributed by atoms with van der Waals surface area (Å²) >= 11 is 0. The van der Waals surface area contributed by atoms with Crippen LogP contribution in [0.25, 0.3) is 5.69 Å². The maximum absolute atomic E-state index is 13.0. The number of benzene rings is 1. The van der Waals surface area contributed by atoms with Gasteiger partial charge in [0.15, 0.2) is 0 Å². The van der Waals surface area contributed by atoms with Crippen molar-refractivity contribution in [2.24, 2.45) is 0 Å². The molecule has 5 nitrogen and oxygen atoms in total. The van der Waals surface area contributed by atoms with Gasteiger partial charge in [-0.25, -0.2) is 14.2 Å². The fourth-order valence-corrected chi connectivity index (χ4v) is 1.95. The summed E-state index contributed by atoms with van der Waals surface area (Å²) in [7, 11) is 0. The van der Waals surface area contributed by atoms with Gasteiger partial charge in [-0.15, -0.1) is 0 Å². The van der Waals surface area contributed by atoms with E-state index in [2.05, 4.69) is 10.3 Å². The molecule has 1 amide bonds. The molecule has 0 radical (unpaired) electrons. The van der Waals surface area contributed by atoms with Crippen LogP contribution < -0.4 is 5.32 Å². The molecule has 0 bridgehead atoms. The largest absolute Gasteiger partial charge is 0.444 e. The molecule has 22 heavy (non-hydrogen) atoms. The zero-order chi connectivity index (χ0) is 16.2. The highest BCUT2D eigenvalue weighted by molar-refractivity contribution is 5.67. The maximum Gasteiger partial charge on any atom is 0.407 e. The van der Waals surface area contributed by atoms with E-state index in [1.54, 1.807) is 24.7 Å². The highest BCUT2D eigenvalue weighted by Crippen LogP contribution is 2.12. The van der Waals surface area contributed by atoms with Crippen molar-refractivity contribution in [2.75, 3.05) is 6.54 Å². The highest BCUT2D eigenvalue weighted by atomic mass is 19.1. The van der Waals surface area contributed by atoms with E-state index in [0.717, 1.165) is 11.4 Å². The maximum atomic E-state index is 13.0. The predicted molar refractivity (Wildman–Crippen MR) is 81.5 cm³/mol. The first-order valence-corrected chi connectivity index (χ1v) is 7.09. The number of ether oxygens (including phenoxy) is 1. The number of aromatic nitrogens is 2. The molecule has 0 saturated carbocycles. The van der Waals surface area contributed by atoms with E-state index in [-0.39, 0.29) is 5.82 Å². The molecule has 0 saturated heterocycles. The second kappa shape index (κ2) is 6.60. The van der Waals surface area contributed by atoms with Gasteiger partial charge in [-0.2, -0.15) is 0 Å². The molecule has 118 valence electrons. The van der Waals surface area contributed by atoms with Crippen LogP contribution >= 0.6 is 0 Å². The molecule has 6 heteroatoms. The molecular weight excluding hydrogens is 285 g/mol. The zero-order valence-corrected chi connectivity index (χ0v) is 13.0. The van der Waals surface area contributed by atoms with Gasteiger partial charge in [0, 0.05) is 30.5 Å². The molecule has 0 atom stereocenters. The van der Waals surface area contributed by atoms with Gasteiger partial charge in [-0.1, -0.05) is 0 Å². The van der Waals surface area contributed by atoms with Gasteiger partial charge in [0.2, 0.25) is 0 Å². The first-order valence-electron chi connectivity index (χ1n) is 7.09. The lowest BCUT2D eigenvalue weighted by Gasteiger charge is -2.19. The SMILES string of the molecule is CC(C)(C)OC(=O)NCCc1cncn1-c1ccc(F)cc1. The number of rotatable bonds is 4. The molecule has 0 spiro atoms. The number of hydrogen-bond donors (Lipinski definition) is 1. The van der Waals surface area contributed by atoms with Crippen molar-refractivity contribution in [3.05, 3.63) is 48.3 Å². The normalized spacial score (nSPS) is 11.3. The van der Waals surface area contributed by atoms with E-state index < -0.39 is 11.7 Å². The molecule has 1 heterocycles. The summed E-state index contributed by atoms with van der Waals surface area (Å²) in [5, 5.41) is 2.70. The molecule has 0 aliphatic carbocycles. The lowest BCUT2D eigenvalue weighted by atomic mass is 10.2. The van der Waals surface area contributed by atoms with E-state index >= 15 is 0 Å². The Morgan fingerprint density at radius 3 is 2.64 bits per heavy atom. The van der Waals surface area contributed by atoms with Crippen molar-refractivity contribution in [1.82, 2.24) is 14.9 Å². The predicted octanol–water partition coefficient (Wildman–Crippen LogP) is 3.08. The zero-order valence-electron chi connectivity index (χ0n) is 13.0. The standard InChI is InChI=1S/C16H20FN3O2/c1-16(2,3)22-15(21)19-9-8-14-10-18-11-20(14)13-6-4-12(17)5-7-13/h4-7,10-11H,8-9H2,1-3H3,(H,19,21). The second-order valence-corrected chi connectivity index (χ2v) is 5.91. The summed E-state index contributed by atoms with van der Waals surface area (Å²) in [4.78, 5) is 15.7. The Labute approximate surface area is 129 Å². The monoisotopic (exact) mass is 305 g/mol. The van der Waals surface area contributed by atoms with Crippen molar-refractivity contribution in [3.8, 4) is 5.69 Å². The number of carbonyl (C=O) groups excluding carboxylic acids is 1. The lowest BCUT2D eigenvalue weighted by Crippen LogP contribution is -2.33. The third-order valence-electron chi connectivity index (χ3n) is 2.87. The van der Waals surface area contributed by atoms with Crippen LogP contribution in [0.5, 0.6) is 0 Å². The number of imidazole rings is 1. The van der Waals surface area contributed by atoms with Gasteiger partial charge in [0.1, 0.15) is 11.4 Å². The number of amides is 1. The highest BCUT2D eigenvalue weighted by Gasteiger charge is 2.15. The Morgan fingerprint density at radius 1 is 1.32 bits per heavy atom. The first kappa shape index (κ1) is 16.0. The number of nitrogens with zero attached hydrogens (tertiary/aromatic N) is 2. The molecule has 1 aromatic carbocycles. The van der Waals surface area contributed by atoms with Crippen LogP contribution in [0.2, 0.25) is 0 Å². The van der Waals surface area contributed by atoms with Crippen LogP contribution in [0.4, 0.5) is 9.18 Å². The van der Waals surface area contributed by atoms with Crippen LogP contribution in [0.3, 0.4) is 0 Å². The molecule has 0 unspecified atom stereocenters. The molecule has 1 N–H and O–H groups in total. The minimum atomic E-state index is -0.514. The van der Waals surface area contributed by atoms with Crippen LogP contribution in [0.15, 0.2) is 36.8 Å². The van der Waals surface area contributed by atoms with Crippen LogP contribution in [0, 0.1) is 5.82 Å². The quantitative estimate of drug-likeness (QED) is 0.944. The van der Waals surface area contributed by atoms with Gasteiger partial charge in [-0.05, 0) is 45.0 Å². The molecule has 0 fully saturated rings. The van der Waals surface area contributed by atoms with Crippen LogP contribution in [-0.2, 0) is 11.2 Å². The number of nitrogens with one attached hydrogen (secondary N) is 1. The Morgan fingerprint density at radius 2 is 2.00 bits per heavy atom. The van der Waals surface area contributed by atoms with Crippen molar-refractivity contribution in [1.29, 1.82) is 0 Å². The minimum absolute atomic E-state index is 0.281. The first-order chi connectivity index (χ1) is 10.3. The fraction of sp³-hybridized carbons (Fsp3) is 0.375. The Kier molecular flexibility index (Phi) is 4.80. The summed E-state index contributed by atoms with van der Waals surface area (Å²) < 4.78 is 20.0. The third-order valence-corrected chi connectivity index (χ3v) is 2.87. The summed E-state index contributed by atoms with van der Waals surface area (Å²) in [6.07, 6.45) is 3.53. The van der Waals surface area contributed by atoms with E-state index in [0.29, 0.717) is 13.0 Å². The molecular formula is C16H20FN3O2. The minimum Gasteiger partial charge on any atom is -0.444 e. The van der Waals surface area contributed by atoms with E-state index in [9.17, 15) is 9.18 Å². The van der Waals surface area contributed by atoms with E-state index in [1.165, 1.54) is 12.1 Å². The fourth-order valence-electron chi connectivity index (χ4n) is 1.95. The summed E-state index contributed by atoms with van der Waals surface area (Å²) in [6, 6.07) is 6.17. The number of carbonyl (C=O) groups is 1. The molecule has 2 aromatic rings. The molecule has 0 aliphatic rings. The van der Waals surface area contributed by atoms with E-state index in [1.807, 2.05) is 25.3 Å². The Bertz CT molecular complexity index is 630. The summed E-state index contributed by atoms with van der Waals surface area (Å²) in [6.45, 7) is 5.88. The topological polar surface area (TPSA) is 56.1 Å². The Balaban J connectivity index is 1.93. The van der Waals surface area contributed by atoms with Crippen LogP contribution in [0.1, 0.15) is 26.5 Å². The average molecular weight is 305 g/mol. The number of halogens is 1. The smallest absolute Gasteiger partial charge is 0.407 e. The average Bonchev–Trinajstić information content (AvgIpc) is 2.86.